The minimum atomic E-state index is 0.414. The van der Waals surface area contributed by atoms with Crippen LogP contribution in [-0.2, 0) is 0 Å². The van der Waals surface area contributed by atoms with Gasteiger partial charge in [-0.3, -0.25) is 0 Å². The SMILES string of the molecule is CC(Sc1nccs1)c1ccc(N)cc1. The average Bonchev–Trinajstić information content (AvgIpc) is 2.71. The molecule has 0 saturated carbocycles. The van der Waals surface area contributed by atoms with Crippen LogP contribution in [0, 0.1) is 0 Å². The van der Waals surface area contributed by atoms with E-state index in [2.05, 4.69) is 24.0 Å². The number of nitrogens with zero attached hydrogens (tertiary/aromatic N) is 1. The Labute approximate surface area is 97.5 Å². The van der Waals surface area contributed by atoms with Gasteiger partial charge >= 0.3 is 0 Å². The molecule has 1 unspecified atom stereocenters. The summed E-state index contributed by atoms with van der Waals surface area (Å²) in [5, 5.41) is 2.41. The van der Waals surface area contributed by atoms with Crippen molar-refractivity contribution in [3.8, 4) is 0 Å². The summed E-state index contributed by atoms with van der Waals surface area (Å²) in [6, 6.07) is 8.02. The fourth-order valence-electron chi connectivity index (χ4n) is 1.25. The lowest BCUT2D eigenvalue weighted by atomic mass is 10.1. The largest absolute Gasteiger partial charge is 0.399 e. The summed E-state index contributed by atoms with van der Waals surface area (Å²) in [7, 11) is 0. The highest BCUT2D eigenvalue weighted by atomic mass is 32.2. The van der Waals surface area contributed by atoms with E-state index in [-0.39, 0.29) is 0 Å². The normalized spacial score (nSPS) is 12.6. The smallest absolute Gasteiger partial charge is 0.150 e. The first-order valence-corrected chi connectivity index (χ1v) is 6.43. The lowest BCUT2D eigenvalue weighted by Crippen LogP contribution is -1.89. The molecule has 0 aliphatic heterocycles. The molecule has 0 spiro atoms. The van der Waals surface area contributed by atoms with E-state index < -0.39 is 0 Å². The first-order chi connectivity index (χ1) is 7.25. The van der Waals surface area contributed by atoms with Crippen molar-refractivity contribution in [2.45, 2.75) is 16.5 Å². The summed E-state index contributed by atoms with van der Waals surface area (Å²) < 4.78 is 1.11. The summed E-state index contributed by atoms with van der Waals surface area (Å²) in [4.78, 5) is 4.26. The minimum absolute atomic E-state index is 0.414. The zero-order chi connectivity index (χ0) is 10.7. The van der Waals surface area contributed by atoms with Gasteiger partial charge in [-0.1, -0.05) is 23.9 Å². The molecule has 2 rings (SSSR count). The molecule has 1 atom stereocenters. The Balaban J connectivity index is 2.08. The fourth-order valence-corrected chi connectivity index (χ4v) is 3.15. The molecule has 1 heterocycles. The molecule has 1 aromatic carbocycles. The maximum absolute atomic E-state index is 5.65. The number of nitrogens with two attached hydrogens (primary N) is 1. The van der Waals surface area contributed by atoms with Gasteiger partial charge in [-0.15, -0.1) is 11.3 Å². The molecule has 0 radical (unpaired) electrons. The minimum Gasteiger partial charge on any atom is -0.399 e. The number of aromatic nitrogens is 1. The van der Waals surface area contributed by atoms with E-state index in [1.165, 1.54) is 5.56 Å². The van der Waals surface area contributed by atoms with E-state index in [0.717, 1.165) is 10.0 Å². The molecule has 0 aliphatic rings. The van der Waals surface area contributed by atoms with E-state index in [4.69, 9.17) is 5.73 Å². The highest BCUT2D eigenvalue weighted by Gasteiger charge is 2.08. The van der Waals surface area contributed by atoms with Gasteiger partial charge in [-0.2, -0.15) is 0 Å². The third-order valence-electron chi connectivity index (χ3n) is 2.09. The molecule has 2 N–H and O–H groups in total. The third-order valence-corrected chi connectivity index (χ3v) is 4.17. The van der Waals surface area contributed by atoms with Gasteiger partial charge in [0.25, 0.3) is 0 Å². The van der Waals surface area contributed by atoms with Crippen LogP contribution in [0.15, 0.2) is 40.2 Å². The fraction of sp³-hybridized carbons (Fsp3) is 0.182. The summed E-state index contributed by atoms with van der Waals surface area (Å²) >= 11 is 3.45. The number of nitrogen functional groups attached to an aromatic ring is 1. The molecule has 1 aromatic heterocycles. The van der Waals surface area contributed by atoms with E-state index in [9.17, 15) is 0 Å². The van der Waals surface area contributed by atoms with Gasteiger partial charge in [0.1, 0.15) is 4.34 Å². The molecular formula is C11H12N2S2. The van der Waals surface area contributed by atoms with Crippen molar-refractivity contribution in [2.24, 2.45) is 0 Å². The summed E-state index contributed by atoms with van der Waals surface area (Å²) in [5.74, 6) is 0. The standard InChI is InChI=1S/C11H12N2S2/c1-8(15-11-13-6-7-14-11)9-2-4-10(12)5-3-9/h2-8H,12H2,1H3. The number of benzene rings is 1. The molecule has 0 saturated heterocycles. The van der Waals surface area contributed by atoms with Gasteiger partial charge in [-0.25, -0.2) is 4.98 Å². The van der Waals surface area contributed by atoms with Crippen LogP contribution >= 0.6 is 23.1 Å². The topological polar surface area (TPSA) is 38.9 Å². The van der Waals surface area contributed by atoms with Gasteiger partial charge in [0, 0.05) is 22.5 Å². The molecule has 0 fully saturated rings. The van der Waals surface area contributed by atoms with Gasteiger partial charge in [0.2, 0.25) is 0 Å². The Bertz CT molecular complexity index is 409. The molecule has 2 aromatic rings. The third kappa shape index (κ3) is 2.73. The molecule has 4 heteroatoms. The Morgan fingerprint density at radius 3 is 2.67 bits per heavy atom. The van der Waals surface area contributed by atoms with Crippen molar-refractivity contribution in [3.63, 3.8) is 0 Å². The van der Waals surface area contributed by atoms with Crippen LogP contribution in [0.3, 0.4) is 0 Å². The van der Waals surface area contributed by atoms with Crippen molar-refractivity contribution in [3.05, 3.63) is 41.4 Å². The van der Waals surface area contributed by atoms with E-state index >= 15 is 0 Å². The van der Waals surface area contributed by atoms with Gasteiger partial charge in [-0.05, 0) is 24.6 Å². The van der Waals surface area contributed by atoms with Crippen LogP contribution in [0.1, 0.15) is 17.7 Å². The average molecular weight is 236 g/mol. The summed E-state index contributed by atoms with van der Waals surface area (Å²) in [6.45, 7) is 2.18. The number of thiazole rings is 1. The van der Waals surface area contributed by atoms with Gasteiger partial charge < -0.3 is 5.73 Å². The molecule has 2 nitrogen and oxygen atoms in total. The molecular weight excluding hydrogens is 224 g/mol. The number of anilines is 1. The van der Waals surface area contributed by atoms with E-state index in [0.29, 0.717) is 5.25 Å². The second kappa shape index (κ2) is 4.68. The van der Waals surface area contributed by atoms with Crippen LogP contribution in [0.2, 0.25) is 0 Å². The van der Waals surface area contributed by atoms with Crippen LogP contribution in [0.5, 0.6) is 0 Å². The second-order valence-corrected chi connectivity index (χ2v) is 5.71. The van der Waals surface area contributed by atoms with Crippen LogP contribution in [0.25, 0.3) is 0 Å². The van der Waals surface area contributed by atoms with Crippen LogP contribution in [-0.4, -0.2) is 4.98 Å². The zero-order valence-electron chi connectivity index (χ0n) is 8.38. The number of hydrogen-bond donors (Lipinski definition) is 1. The van der Waals surface area contributed by atoms with E-state index in [1.807, 2.05) is 23.7 Å². The monoisotopic (exact) mass is 236 g/mol. The maximum atomic E-state index is 5.65. The molecule has 0 bridgehead atoms. The highest BCUT2D eigenvalue weighted by Crippen LogP contribution is 2.35. The molecule has 78 valence electrons. The first-order valence-electron chi connectivity index (χ1n) is 4.67. The predicted molar refractivity (Wildman–Crippen MR) is 67.2 cm³/mol. The molecule has 15 heavy (non-hydrogen) atoms. The van der Waals surface area contributed by atoms with Gasteiger partial charge in [0.05, 0.1) is 0 Å². The predicted octanol–water partition coefficient (Wildman–Crippen LogP) is 3.58. The second-order valence-electron chi connectivity index (χ2n) is 3.22. The van der Waals surface area contributed by atoms with E-state index in [1.54, 1.807) is 23.1 Å². The van der Waals surface area contributed by atoms with Crippen molar-refractivity contribution < 1.29 is 0 Å². The quantitative estimate of drug-likeness (QED) is 0.654. The summed E-state index contributed by atoms with van der Waals surface area (Å²) in [6.07, 6.45) is 1.84. The lowest BCUT2D eigenvalue weighted by Gasteiger charge is -2.09. The number of rotatable bonds is 3. The zero-order valence-corrected chi connectivity index (χ0v) is 10.0. The van der Waals surface area contributed by atoms with Crippen molar-refractivity contribution in [1.82, 2.24) is 4.98 Å². The first kappa shape index (κ1) is 10.5. The van der Waals surface area contributed by atoms with Crippen molar-refractivity contribution >= 4 is 28.8 Å². The van der Waals surface area contributed by atoms with Crippen molar-refractivity contribution in [2.75, 3.05) is 5.73 Å². The summed E-state index contributed by atoms with van der Waals surface area (Å²) in [5.41, 5.74) is 7.74. The molecule has 0 amide bonds. The van der Waals surface area contributed by atoms with Crippen LogP contribution < -0.4 is 5.73 Å². The maximum Gasteiger partial charge on any atom is 0.150 e. The lowest BCUT2D eigenvalue weighted by molar-refractivity contribution is 1.09. The Kier molecular flexibility index (Phi) is 3.28. The van der Waals surface area contributed by atoms with Crippen LogP contribution in [0.4, 0.5) is 5.69 Å². The van der Waals surface area contributed by atoms with Crippen molar-refractivity contribution in [1.29, 1.82) is 0 Å². The Morgan fingerprint density at radius 1 is 1.33 bits per heavy atom. The van der Waals surface area contributed by atoms with Gasteiger partial charge in [0.15, 0.2) is 0 Å². The number of hydrogen-bond acceptors (Lipinski definition) is 4. The Hall–Kier alpha value is -1.00. The molecule has 0 aliphatic carbocycles. The Morgan fingerprint density at radius 2 is 2.07 bits per heavy atom. The highest BCUT2D eigenvalue weighted by molar-refractivity contribution is 8.01. The number of thioether (sulfide) groups is 1.